The van der Waals surface area contributed by atoms with Crippen molar-refractivity contribution >= 4 is 0 Å². The van der Waals surface area contributed by atoms with Crippen molar-refractivity contribution in [3.8, 4) is 5.82 Å². The molecule has 0 saturated carbocycles. The summed E-state index contributed by atoms with van der Waals surface area (Å²) in [5.41, 5.74) is 2.27. The Labute approximate surface area is 100 Å². The summed E-state index contributed by atoms with van der Waals surface area (Å²) in [6.07, 6.45) is 8.64. The van der Waals surface area contributed by atoms with Crippen molar-refractivity contribution in [1.29, 1.82) is 0 Å². The zero-order valence-electron chi connectivity index (χ0n) is 9.87. The topological polar surface area (TPSA) is 46.8 Å². The van der Waals surface area contributed by atoms with Gasteiger partial charge in [0.25, 0.3) is 0 Å². The first kappa shape index (κ1) is 10.4. The smallest absolute Gasteiger partial charge is 0.159 e. The van der Waals surface area contributed by atoms with Crippen molar-refractivity contribution in [3.63, 3.8) is 0 Å². The summed E-state index contributed by atoms with van der Waals surface area (Å²) in [4.78, 5) is 10.6. The minimum atomic E-state index is 0.856. The Balaban J connectivity index is 1.82. The highest BCUT2D eigenvalue weighted by Gasteiger charge is 2.15. The average molecular weight is 229 g/mol. The Morgan fingerprint density at radius 1 is 1.29 bits per heavy atom. The Hall–Kier alpha value is -1.75. The van der Waals surface area contributed by atoms with E-state index in [0.29, 0.717) is 0 Å². The van der Waals surface area contributed by atoms with Crippen LogP contribution in [0.1, 0.15) is 17.5 Å². The molecule has 2 aromatic rings. The van der Waals surface area contributed by atoms with Crippen molar-refractivity contribution < 1.29 is 0 Å². The highest BCUT2D eigenvalue weighted by Crippen LogP contribution is 2.14. The third-order valence-electron chi connectivity index (χ3n) is 3.08. The Morgan fingerprint density at radius 3 is 2.88 bits per heavy atom. The van der Waals surface area contributed by atoms with Gasteiger partial charge < -0.3 is 0 Å². The summed E-state index contributed by atoms with van der Waals surface area (Å²) in [6, 6.07) is 0. The number of likely N-dealkylation sites (tertiary alicyclic amines) is 1. The molecule has 17 heavy (non-hydrogen) atoms. The molecule has 1 aliphatic rings. The van der Waals surface area contributed by atoms with Crippen molar-refractivity contribution in [2.75, 3.05) is 13.1 Å². The molecule has 1 saturated heterocycles. The second kappa shape index (κ2) is 4.25. The van der Waals surface area contributed by atoms with Gasteiger partial charge in [-0.1, -0.05) is 0 Å². The van der Waals surface area contributed by atoms with Gasteiger partial charge in [0.15, 0.2) is 5.82 Å². The number of aromatic nitrogens is 4. The van der Waals surface area contributed by atoms with Gasteiger partial charge in [0, 0.05) is 30.1 Å². The van der Waals surface area contributed by atoms with Gasteiger partial charge in [0.05, 0.1) is 6.20 Å². The second-order valence-electron chi connectivity index (χ2n) is 4.45. The van der Waals surface area contributed by atoms with Gasteiger partial charge in [0.1, 0.15) is 6.33 Å². The monoisotopic (exact) mass is 229 g/mol. The van der Waals surface area contributed by atoms with Crippen LogP contribution in [-0.2, 0) is 6.54 Å². The Bertz CT molecular complexity index is 515. The van der Waals surface area contributed by atoms with Gasteiger partial charge >= 0.3 is 0 Å². The number of hydrogen-bond donors (Lipinski definition) is 0. The number of nitrogens with zero attached hydrogens (tertiary/aromatic N) is 5. The molecule has 0 unspecified atom stereocenters. The first-order chi connectivity index (χ1) is 8.33. The van der Waals surface area contributed by atoms with E-state index in [4.69, 9.17) is 0 Å². The third kappa shape index (κ3) is 2.06. The van der Waals surface area contributed by atoms with E-state index in [1.807, 2.05) is 24.0 Å². The van der Waals surface area contributed by atoms with Gasteiger partial charge in [-0.15, -0.1) is 0 Å². The number of hydrogen-bond acceptors (Lipinski definition) is 4. The number of aryl methyl sites for hydroxylation is 1. The molecule has 0 aliphatic carbocycles. The standard InChI is InChI=1S/C12H15N5/c1-10-5-13-9-14-12(10)17-8-11(6-15-17)7-16-3-2-4-16/h5-6,8-9H,2-4,7H2,1H3. The van der Waals surface area contributed by atoms with E-state index in [-0.39, 0.29) is 0 Å². The van der Waals surface area contributed by atoms with Crippen molar-refractivity contribution in [1.82, 2.24) is 24.6 Å². The molecule has 5 nitrogen and oxygen atoms in total. The molecule has 0 spiro atoms. The van der Waals surface area contributed by atoms with Crippen LogP contribution < -0.4 is 0 Å². The molecular weight excluding hydrogens is 214 g/mol. The summed E-state index contributed by atoms with van der Waals surface area (Å²) >= 11 is 0. The average Bonchev–Trinajstić information content (AvgIpc) is 2.73. The largest absolute Gasteiger partial charge is 0.299 e. The molecule has 1 fully saturated rings. The highest BCUT2D eigenvalue weighted by atomic mass is 15.3. The number of rotatable bonds is 3. The molecule has 0 radical (unpaired) electrons. The van der Waals surface area contributed by atoms with E-state index >= 15 is 0 Å². The molecule has 88 valence electrons. The van der Waals surface area contributed by atoms with E-state index in [1.165, 1.54) is 25.1 Å². The van der Waals surface area contributed by atoms with E-state index in [1.54, 1.807) is 12.5 Å². The SMILES string of the molecule is Cc1cncnc1-n1cc(CN2CCC2)cn1. The normalized spacial score (nSPS) is 15.8. The van der Waals surface area contributed by atoms with Crippen LogP contribution in [0.15, 0.2) is 24.9 Å². The van der Waals surface area contributed by atoms with Crippen molar-refractivity contribution in [2.24, 2.45) is 0 Å². The first-order valence-corrected chi connectivity index (χ1v) is 5.86. The van der Waals surface area contributed by atoms with E-state index in [9.17, 15) is 0 Å². The summed E-state index contributed by atoms with van der Waals surface area (Å²) in [5, 5.41) is 4.36. The minimum Gasteiger partial charge on any atom is -0.299 e. The molecule has 0 atom stereocenters. The van der Waals surface area contributed by atoms with E-state index < -0.39 is 0 Å². The lowest BCUT2D eigenvalue weighted by atomic mass is 10.2. The summed E-state index contributed by atoms with van der Waals surface area (Å²) in [7, 11) is 0. The molecule has 3 rings (SSSR count). The Kier molecular flexibility index (Phi) is 2.60. The van der Waals surface area contributed by atoms with Crippen molar-refractivity contribution in [2.45, 2.75) is 19.9 Å². The van der Waals surface area contributed by atoms with Crippen LogP contribution in [0.4, 0.5) is 0 Å². The molecule has 1 aliphatic heterocycles. The molecule has 0 amide bonds. The maximum Gasteiger partial charge on any atom is 0.159 e. The molecule has 2 aromatic heterocycles. The summed E-state index contributed by atoms with van der Waals surface area (Å²) in [6.45, 7) is 5.39. The van der Waals surface area contributed by atoms with Gasteiger partial charge in [-0.25, -0.2) is 14.6 Å². The highest BCUT2D eigenvalue weighted by molar-refractivity contribution is 5.29. The predicted octanol–water partition coefficient (Wildman–Crippen LogP) is 1.18. The molecule has 3 heterocycles. The predicted molar refractivity (Wildman–Crippen MR) is 63.8 cm³/mol. The molecule has 0 N–H and O–H groups in total. The maximum atomic E-state index is 4.36. The molecule has 0 bridgehead atoms. The first-order valence-electron chi connectivity index (χ1n) is 5.86. The van der Waals surface area contributed by atoms with Gasteiger partial charge in [-0.2, -0.15) is 5.10 Å². The Morgan fingerprint density at radius 2 is 2.18 bits per heavy atom. The lowest BCUT2D eigenvalue weighted by Gasteiger charge is -2.29. The zero-order chi connectivity index (χ0) is 11.7. The quantitative estimate of drug-likeness (QED) is 0.792. The van der Waals surface area contributed by atoms with Crippen LogP contribution in [0, 0.1) is 6.92 Å². The molecular formula is C12H15N5. The minimum absolute atomic E-state index is 0.856. The van der Waals surface area contributed by atoms with Gasteiger partial charge in [-0.05, 0) is 26.4 Å². The zero-order valence-corrected chi connectivity index (χ0v) is 9.87. The lowest BCUT2D eigenvalue weighted by molar-refractivity contribution is 0.172. The molecule has 0 aromatic carbocycles. The van der Waals surface area contributed by atoms with Gasteiger partial charge in [-0.3, -0.25) is 4.90 Å². The second-order valence-corrected chi connectivity index (χ2v) is 4.45. The fraction of sp³-hybridized carbons (Fsp3) is 0.417. The van der Waals surface area contributed by atoms with Crippen molar-refractivity contribution in [3.05, 3.63) is 36.0 Å². The molecule has 5 heteroatoms. The lowest BCUT2D eigenvalue weighted by Crippen LogP contribution is -2.36. The van der Waals surface area contributed by atoms with Crippen LogP contribution in [0.25, 0.3) is 5.82 Å². The van der Waals surface area contributed by atoms with Gasteiger partial charge in [0.2, 0.25) is 0 Å². The van der Waals surface area contributed by atoms with Crippen LogP contribution >= 0.6 is 0 Å². The fourth-order valence-electron chi connectivity index (χ4n) is 1.99. The van der Waals surface area contributed by atoms with E-state index in [0.717, 1.165) is 17.9 Å². The third-order valence-corrected chi connectivity index (χ3v) is 3.08. The van der Waals surface area contributed by atoms with Crippen LogP contribution in [-0.4, -0.2) is 37.7 Å². The maximum absolute atomic E-state index is 4.36. The summed E-state index contributed by atoms with van der Waals surface area (Å²) in [5.74, 6) is 0.856. The van der Waals surface area contributed by atoms with Crippen LogP contribution in [0.2, 0.25) is 0 Å². The van der Waals surface area contributed by atoms with Crippen LogP contribution in [0.3, 0.4) is 0 Å². The van der Waals surface area contributed by atoms with Crippen LogP contribution in [0.5, 0.6) is 0 Å². The van der Waals surface area contributed by atoms with E-state index in [2.05, 4.69) is 20.0 Å². The summed E-state index contributed by atoms with van der Waals surface area (Å²) < 4.78 is 1.83. The fourth-order valence-corrected chi connectivity index (χ4v) is 1.99.